The van der Waals surface area contributed by atoms with Gasteiger partial charge in [-0.25, -0.2) is 13.4 Å². The van der Waals surface area contributed by atoms with Crippen molar-refractivity contribution in [1.82, 2.24) is 9.29 Å². The summed E-state index contributed by atoms with van der Waals surface area (Å²) in [5, 5.41) is 0.783. The van der Waals surface area contributed by atoms with Crippen molar-refractivity contribution in [3.05, 3.63) is 10.7 Å². The third-order valence-electron chi connectivity index (χ3n) is 3.71. The van der Waals surface area contributed by atoms with Crippen LogP contribution in [0.15, 0.2) is 4.21 Å². The van der Waals surface area contributed by atoms with Crippen molar-refractivity contribution in [2.45, 2.75) is 43.9 Å². The lowest BCUT2D eigenvalue weighted by Gasteiger charge is -2.38. The fourth-order valence-electron chi connectivity index (χ4n) is 2.72. The standard InChI is InChI=1S/C12H21N3O2S2/c1-8-5-4-6-15(11(8)7-13)19(16,17)12-9(2)14-10(3)18-12/h8,11H,4-7,13H2,1-3H3/t8-,11-/m1/s1. The van der Waals surface area contributed by atoms with E-state index in [0.29, 0.717) is 28.9 Å². The van der Waals surface area contributed by atoms with Crippen LogP contribution >= 0.6 is 11.3 Å². The van der Waals surface area contributed by atoms with Gasteiger partial charge in [0.2, 0.25) is 0 Å². The second kappa shape index (κ2) is 5.47. The van der Waals surface area contributed by atoms with Crippen LogP contribution in [-0.2, 0) is 10.0 Å². The van der Waals surface area contributed by atoms with Gasteiger partial charge in [-0.15, -0.1) is 11.3 Å². The van der Waals surface area contributed by atoms with Gasteiger partial charge in [0.1, 0.15) is 0 Å². The molecule has 2 rings (SSSR count). The van der Waals surface area contributed by atoms with Crippen molar-refractivity contribution in [3.63, 3.8) is 0 Å². The van der Waals surface area contributed by atoms with E-state index in [4.69, 9.17) is 5.73 Å². The Kier molecular flexibility index (Phi) is 4.29. The molecule has 0 radical (unpaired) electrons. The number of nitrogens with zero attached hydrogens (tertiary/aromatic N) is 2. The van der Waals surface area contributed by atoms with Gasteiger partial charge in [-0.1, -0.05) is 6.92 Å². The molecular formula is C12H21N3O2S2. The lowest BCUT2D eigenvalue weighted by Crippen LogP contribution is -2.51. The number of sulfonamides is 1. The number of rotatable bonds is 3. The summed E-state index contributed by atoms with van der Waals surface area (Å²) < 4.78 is 27.5. The van der Waals surface area contributed by atoms with Crippen molar-refractivity contribution in [2.75, 3.05) is 13.1 Å². The predicted octanol–water partition coefficient (Wildman–Crippen LogP) is 1.51. The Morgan fingerprint density at radius 1 is 1.47 bits per heavy atom. The Morgan fingerprint density at radius 2 is 2.16 bits per heavy atom. The summed E-state index contributed by atoms with van der Waals surface area (Å²) in [5.74, 6) is 0.308. The molecule has 1 fully saturated rings. The first-order valence-corrected chi connectivity index (χ1v) is 8.79. The molecule has 0 bridgehead atoms. The van der Waals surface area contributed by atoms with Crippen molar-refractivity contribution in [1.29, 1.82) is 0 Å². The highest BCUT2D eigenvalue weighted by Gasteiger charge is 2.38. The lowest BCUT2D eigenvalue weighted by atomic mass is 9.93. The van der Waals surface area contributed by atoms with Gasteiger partial charge in [0.05, 0.1) is 10.7 Å². The highest BCUT2D eigenvalue weighted by atomic mass is 32.2. The molecule has 1 saturated heterocycles. The average molecular weight is 303 g/mol. The average Bonchev–Trinajstić information content (AvgIpc) is 2.68. The Hall–Kier alpha value is -0.500. The summed E-state index contributed by atoms with van der Waals surface area (Å²) in [5.41, 5.74) is 6.38. The maximum Gasteiger partial charge on any atom is 0.254 e. The molecule has 7 heteroatoms. The first kappa shape index (κ1) is 14.9. The van der Waals surface area contributed by atoms with Crippen LogP contribution in [-0.4, -0.2) is 36.8 Å². The third-order valence-corrected chi connectivity index (χ3v) is 7.29. The zero-order valence-corrected chi connectivity index (χ0v) is 13.2. The van der Waals surface area contributed by atoms with Crippen molar-refractivity contribution in [3.8, 4) is 0 Å². The highest BCUT2D eigenvalue weighted by Crippen LogP contribution is 2.32. The molecule has 0 amide bonds. The number of piperidine rings is 1. The van der Waals surface area contributed by atoms with E-state index < -0.39 is 10.0 Å². The summed E-state index contributed by atoms with van der Waals surface area (Å²) in [7, 11) is -3.46. The Balaban J connectivity index is 2.40. The van der Waals surface area contributed by atoms with Crippen LogP contribution in [0, 0.1) is 19.8 Å². The molecule has 19 heavy (non-hydrogen) atoms. The van der Waals surface area contributed by atoms with Gasteiger partial charge < -0.3 is 5.73 Å². The summed E-state index contributed by atoms with van der Waals surface area (Å²) in [6.07, 6.45) is 1.93. The Morgan fingerprint density at radius 3 is 2.68 bits per heavy atom. The van der Waals surface area contributed by atoms with E-state index in [9.17, 15) is 8.42 Å². The van der Waals surface area contributed by atoms with Gasteiger partial charge in [0.25, 0.3) is 10.0 Å². The maximum atomic E-state index is 12.8. The van der Waals surface area contributed by atoms with Gasteiger partial charge >= 0.3 is 0 Å². The molecular weight excluding hydrogens is 282 g/mol. The number of hydrogen-bond acceptors (Lipinski definition) is 5. The molecule has 0 saturated carbocycles. The quantitative estimate of drug-likeness (QED) is 0.918. The normalized spacial score (nSPS) is 25.7. The van der Waals surface area contributed by atoms with Gasteiger partial charge in [0.15, 0.2) is 4.21 Å². The summed E-state index contributed by atoms with van der Waals surface area (Å²) in [6.45, 7) is 6.59. The van der Waals surface area contributed by atoms with Crippen LogP contribution in [0.1, 0.15) is 30.5 Å². The summed E-state index contributed by atoms with van der Waals surface area (Å²) in [6, 6.07) is -0.0967. The summed E-state index contributed by atoms with van der Waals surface area (Å²) in [4.78, 5) is 4.22. The number of hydrogen-bond donors (Lipinski definition) is 1. The molecule has 0 aliphatic carbocycles. The van der Waals surface area contributed by atoms with Crippen LogP contribution in [0.4, 0.5) is 0 Å². The number of aryl methyl sites for hydroxylation is 2. The van der Waals surface area contributed by atoms with Crippen LogP contribution in [0.2, 0.25) is 0 Å². The molecule has 5 nitrogen and oxygen atoms in total. The van der Waals surface area contributed by atoms with E-state index >= 15 is 0 Å². The molecule has 1 aromatic heterocycles. The first-order chi connectivity index (χ1) is 8.87. The topological polar surface area (TPSA) is 76.3 Å². The molecule has 1 aromatic rings. The van der Waals surface area contributed by atoms with Crippen molar-refractivity contribution in [2.24, 2.45) is 11.7 Å². The van der Waals surface area contributed by atoms with Crippen LogP contribution in [0.3, 0.4) is 0 Å². The van der Waals surface area contributed by atoms with Gasteiger partial charge in [-0.3, -0.25) is 0 Å². The largest absolute Gasteiger partial charge is 0.329 e. The molecule has 0 unspecified atom stereocenters. The predicted molar refractivity (Wildman–Crippen MR) is 76.7 cm³/mol. The minimum Gasteiger partial charge on any atom is -0.329 e. The van der Waals surface area contributed by atoms with Crippen molar-refractivity contribution < 1.29 is 8.42 Å². The number of nitrogens with two attached hydrogens (primary N) is 1. The number of thiazole rings is 1. The highest BCUT2D eigenvalue weighted by molar-refractivity contribution is 7.91. The maximum absolute atomic E-state index is 12.8. The molecule has 1 aliphatic rings. The lowest BCUT2D eigenvalue weighted by molar-refractivity contribution is 0.193. The van der Waals surface area contributed by atoms with E-state index in [1.165, 1.54) is 11.3 Å². The molecule has 2 atom stereocenters. The van der Waals surface area contributed by atoms with Crippen LogP contribution < -0.4 is 5.73 Å². The number of aromatic nitrogens is 1. The van der Waals surface area contributed by atoms with E-state index in [-0.39, 0.29) is 6.04 Å². The molecule has 108 valence electrons. The molecule has 0 spiro atoms. The first-order valence-electron chi connectivity index (χ1n) is 6.54. The zero-order valence-electron chi connectivity index (χ0n) is 11.6. The van der Waals surface area contributed by atoms with E-state index in [1.807, 2.05) is 6.92 Å². The smallest absolute Gasteiger partial charge is 0.254 e. The van der Waals surface area contributed by atoms with Gasteiger partial charge in [-0.2, -0.15) is 4.31 Å². The van der Waals surface area contributed by atoms with Gasteiger partial charge in [-0.05, 0) is 32.6 Å². The molecule has 2 N–H and O–H groups in total. The SMILES string of the molecule is Cc1nc(C)c(S(=O)(=O)N2CCC[C@@H](C)[C@H]2CN)s1. The second-order valence-electron chi connectivity index (χ2n) is 5.14. The minimum atomic E-state index is -3.46. The van der Waals surface area contributed by atoms with Gasteiger partial charge in [0, 0.05) is 19.1 Å². The van der Waals surface area contributed by atoms with E-state index in [2.05, 4.69) is 11.9 Å². The molecule has 2 heterocycles. The van der Waals surface area contributed by atoms with E-state index in [0.717, 1.165) is 17.8 Å². The molecule has 0 aromatic carbocycles. The summed E-state index contributed by atoms with van der Waals surface area (Å²) >= 11 is 1.25. The minimum absolute atomic E-state index is 0.0967. The fourth-order valence-corrected chi connectivity index (χ4v) is 6.08. The Bertz CT molecular complexity index is 553. The van der Waals surface area contributed by atoms with Crippen LogP contribution in [0.25, 0.3) is 0 Å². The van der Waals surface area contributed by atoms with E-state index in [1.54, 1.807) is 11.2 Å². The molecule has 1 aliphatic heterocycles. The monoisotopic (exact) mass is 303 g/mol. The Labute approximate surface area is 118 Å². The zero-order chi connectivity index (χ0) is 14.2. The fraction of sp³-hybridized carbons (Fsp3) is 0.750. The van der Waals surface area contributed by atoms with Crippen molar-refractivity contribution >= 4 is 21.4 Å². The second-order valence-corrected chi connectivity index (χ2v) is 8.43. The van der Waals surface area contributed by atoms with Crippen LogP contribution in [0.5, 0.6) is 0 Å². The third kappa shape index (κ3) is 2.69.